The molecule has 0 aromatic carbocycles. The lowest BCUT2D eigenvalue weighted by atomic mass is 10.0. The monoisotopic (exact) mass is 222 g/mol. The Morgan fingerprint density at radius 1 is 1.62 bits per heavy atom. The van der Waals surface area contributed by atoms with E-state index in [0.717, 1.165) is 23.4 Å². The molecule has 1 aromatic rings. The number of rotatable bonds is 3. The second kappa shape index (κ2) is 5.49. The molecule has 0 aliphatic rings. The quantitative estimate of drug-likeness (QED) is 0.855. The lowest BCUT2D eigenvalue weighted by Gasteiger charge is -2.16. The van der Waals surface area contributed by atoms with Crippen LogP contribution in [0.3, 0.4) is 0 Å². The summed E-state index contributed by atoms with van der Waals surface area (Å²) in [5.74, 6) is 0.312. The number of carbonyl (C=O) groups excluding carboxylic acids is 1. The maximum atomic E-state index is 11.2. The fraction of sp³-hybridized carbons (Fsp3) is 0.500. The van der Waals surface area contributed by atoms with Crippen LogP contribution in [0, 0.1) is 6.92 Å². The number of aromatic nitrogens is 1. The number of methoxy groups -OCH3 is 1. The van der Waals surface area contributed by atoms with Crippen molar-refractivity contribution in [2.45, 2.75) is 33.1 Å². The molecule has 0 saturated heterocycles. The van der Waals surface area contributed by atoms with Crippen LogP contribution in [0.4, 0.5) is 10.5 Å². The zero-order valence-corrected chi connectivity index (χ0v) is 10.2. The summed E-state index contributed by atoms with van der Waals surface area (Å²) in [6.07, 6.45) is 2.28. The van der Waals surface area contributed by atoms with Gasteiger partial charge in [-0.1, -0.05) is 13.8 Å². The topological polar surface area (TPSA) is 51.2 Å². The molecule has 0 fully saturated rings. The van der Waals surface area contributed by atoms with E-state index >= 15 is 0 Å². The van der Waals surface area contributed by atoms with Gasteiger partial charge in [0.25, 0.3) is 0 Å². The first-order valence-corrected chi connectivity index (χ1v) is 5.40. The molecule has 0 saturated carbocycles. The highest BCUT2D eigenvalue weighted by molar-refractivity contribution is 5.86. The van der Waals surface area contributed by atoms with Crippen molar-refractivity contribution in [1.29, 1.82) is 0 Å². The van der Waals surface area contributed by atoms with Crippen molar-refractivity contribution in [2.24, 2.45) is 0 Å². The van der Waals surface area contributed by atoms with E-state index in [-0.39, 0.29) is 0 Å². The third-order valence-electron chi connectivity index (χ3n) is 2.68. The van der Waals surface area contributed by atoms with Crippen molar-refractivity contribution >= 4 is 11.8 Å². The van der Waals surface area contributed by atoms with Gasteiger partial charge in [-0.05, 0) is 25.0 Å². The predicted molar refractivity (Wildman–Crippen MR) is 63.7 cm³/mol. The van der Waals surface area contributed by atoms with E-state index in [1.54, 1.807) is 6.20 Å². The van der Waals surface area contributed by atoms with Gasteiger partial charge in [0.05, 0.1) is 18.5 Å². The molecular weight excluding hydrogens is 204 g/mol. The first kappa shape index (κ1) is 12.5. The summed E-state index contributed by atoms with van der Waals surface area (Å²) in [7, 11) is 1.35. The van der Waals surface area contributed by atoms with Crippen molar-refractivity contribution in [3.05, 3.63) is 23.5 Å². The van der Waals surface area contributed by atoms with Gasteiger partial charge in [-0.2, -0.15) is 0 Å². The molecule has 16 heavy (non-hydrogen) atoms. The predicted octanol–water partition coefficient (Wildman–Crippen LogP) is 3.08. The molecule has 4 heteroatoms. The fourth-order valence-electron chi connectivity index (χ4n) is 1.46. The fourth-order valence-corrected chi connectivity index (χ4v) is 1.46. The number of ether oxygens (including phenoxy) is 1. The number of pyridine rings is 1. The van der Waals surface area contributed by atoms with Gasteiger partial charge in [0, 0.05) is 12.1 Å². The van der Waals surface area contributed by atoms with Crippen LogP contribution >= 0.6 is 0 Å². The molecule has 1 N–H and O–H groups in total. The molecule has 1 rings (SSSR count). The van der Waals surface area contributed by atoms with Crippen LogP contribution in [0.15, 0.2) is 12.3 Å². The van der Waals surface area contributed by atoms with E-state index in [1.165, 1.54) is 7.11 Å². The molecule has 0 aliphatic carbocycles. The van der Waals surface area contributed by atoms with E-state index < -0.39 is 6.09 Å². The SMILES string of the molecule is CCC(C)c1nccc(C)c1NC(=O)OC. The second-order valence-electron chi connectivity index (χ2n) is 3.81. The average Bonchev–Trinajstić information content (AvgIpc) is 2.30. The summed E-state index contributed by atoms with van der Waals surface area (Å²) in [6, 6.07) is 1.87. The summed E-state index contributed by atoms with van der Waals surface area (Å²) in [5, 5.41) is 2.72. The minimum atomic E-state index is -0.458. The van der Waals surface area contributed by atoms with E-state index in [1.807, 2.05) is 13.0 Å². The molecular formula is C12H18N2O2. The molecule has 0 spiro atoms. The summed E-state index contributed by atoms with van der Waals surface area (Å²) >= 11 is 0. The van der Waals surface area contributed by atoms with Crippen LogP contribution in [0.25, 0.3) is 0 Å². The van der Waals surface area contributed by atoms with Gasteiger partial charge in [0.2, 0.25) is 0 Å². The highest BCUT2D eigenvalue weighted by Gasteiger charge is 2.14. The Morgan fingerprint density at radius 2 is 2.31 bits per heavy atom. The maximum absolute atomic E-state index is 11.2. The summed E-state index contributed by atoms with van der Waals surface area (Å²) < 4.78 is 4.60. The second-order valence-corrected chi connectivity index (χ2v) is 3.81. The number of amides is 1. The van der Waals surface area contributed by atoms with Gasteiger partial charge in [-0.25, -0.2) is 4.79 Å². The van der Waals surface area contributed by atoms with Crippen molar-refractivity contribution in [3.63, 3.8) is 0 Å². The molecule has 0 bridgehead atoms. The number of aryl methyl sites for hydroxylation is 1. The summed E-state index contributed by atoms with van der Waals surface area (Å²) in [5.41, 5.74) is 2.67. The number of nitrogens with zero attached hydrogens (tertiary/aromatic N) is 1. The smallest absolute Gasteiger partial charge is 0.411 e. The van der Waals surface area contributed by atoms with Crippen LogP contribution in [-0.2, 0) is 4.74 Å². The first-order chi connectivity index (χ1) is 7.60. The molecule has 1 amide bonds. The summed E-state index contributed by atoms with van der Waals surface area (Å²) in [4.78, 5) is 15.6. The van der Waals surface area contributed by atoms with Crippen molar-refractivity contribution in [3.8, 4) is 0 Å². The van der Waals surface area contributed by atoms with Crippen molar-refractivity contribution in [1.82, 2.24) is 4.98 Å². The molecule has 0 aliphatic heterocycles. The number of hydrogen-bond acceptors (Lipinski definition) is 3. The molecule has 0 radical (unpaired) electrons. The van der Waals surface area contributed by atoms with Crippen molar-refractivity contribution in [2.75, 3.05) is 12.4 Å². The van der Waals surface area contributed by atoms with Crippen LogP contribution in [0.2, 0.25) is 0 Å². The number of carbonyl (C=O) groups is 1. The minimum Gasteiger partial charge on any atom is -0.453 e. The van der Waals surface area contributed by atoms with Gasteiger partial charge < -0.3 is 4.74 Å². The minimum absolute atomic E-state index is 0.312. The lowest BCUT2D eigenvalue weighted by molar-refractivity contribution is 0.187. The van der Waals surface area contributed by atoms with Gasteiger partial charge in [-0.3, -0.25) is 10.3 Å². The van der Waals surface area contributed by atoms with Gasteiger partial charge in [-0.15, -0.1) is 0 Å². The Labute approximate surface area is 96.0 Å². The molecule has 88 valence electrons. The molecule has 1 aromatic heterocycles. The van der Waals surface area contributed by atoms with Gasteiger partial charge >= 0.3 is 6.09 Å². The van der Waals surface area contributed by atoms with Crippen LogP contribution in [-0.4, -0.2) is 18.2 Å². The summed E-state index contributed by atoms with van der Waals surface area (Å²) in [6.45, 7) is 6.12. The molecule has 1 unspecified atom stereocenters. The third kappa shape index (κ3) is 2.72. The third-order valence-corrected chi connectivity index (χ3v) is 2.68. The number of anilines is 1. The Hall–Kier alpha value is -1.58. The maximum Gasteiger partial charge on any atom is 0.411 e. The van der Waals surface area contributed by atoms with Crippen LogP contribution in [0.1, 0.15) is 37.4 Å². The van der Waals surface area contributed by atoms with E-state index in [9.17, 15) is 4.79 Å². The Kier molecular flexibility index (Phi) is 4.28. The Morgan fingerprint density at radius 3 is 2.88 bits per heavy atom. The van der Waals surface area contributed by atoms with E-state index in [4.69, 9.17) is 0 Å². The number of hydrogen-bond donors (Lipinski definition) is 1. The number of nitrogens with one attached hydrogen (secondary N) is 1. The van der Waals surface area contributed by atoms with Crippen LogP contribution in [0.5, 0.6) is 0 Å². The van der Waals surface area contributed by atoms with Crippen molar-refractivity contribution < 1.29 is 9.53 Å². The van der Waals surface area contributed by atoms with E-state index in [0.29, 0.717) is 5.92 Å². The molecule has 1 atom stereocenters. The standard InChI is InChI=1S/C12H18N2O2/c1-5-8(2)10-11(14-12(15)16-4)9(3)6-7-13-10/h6-8H,5H2,1-4H3,(H,14,15). The lowest BCUT2D eigenvalue weighted by Crippen LogP contribution is -2.15. The van der Waals surface area contributed by atoms with E-state index in [2.05, 4.69) is 28.9 Å². The largest absolute Gasteiger partial charge is 0.453 e. The zero-order chi connectivity index (χ0) is 12.1. The van der Waals surface area contributed by atoms with Crippen LogP contribution < -0.4 is 5.32 Å². The Bertz CT molecular complexity index is 377. The molecule has 1 heterocycles. The Balaban J connectivity index is 3.08. The zero-order valence-electron chi connectivity index (χ0n) is 10.2. The average molecular weight is 222 g/mol. The normalized spacial score (nSPS) is 12.0. The highest BCUT2D eigenvalue weighted by Crippen LogP contribution is 2.27. The molecule has 4 nitrogen and oxygen atoms in total. The first-order valence-electron chi connectivity index (χ1n) is 5.40. The van der Waals surface area contributed by atoms with Gasteiger partial charge in [0.1, 0.15) is 0 Å². The highest BCUT2D eigenvalue weighted by atomic mass is 16.5. The van der Waals surface area contributed by atoms with Gasteiger partial charge in [0.15, 0.2) is 0 Å².